The fraction of sp³-hybridized carbons (Fsp3) is 0.158. The Morgan fingerprint density at radius 2 is 0.933 bits per heavy atom. The third kappa shape index (κ3) is 4.73. The summed E-state index contributed by atoms with van der Waals surface area (Å²) in [6.07, 6.45) is 0. The summed E-state index contributed by atoms with van der Waals surface area (Å²) in [6, 6.07) is 28.2. The number of rotatable bonds is 4. The molecule has 7 heteroatoms. The van der Waals surface area contributed by atoms with E-state index >= 15 is 0 Å². The highest BCUT2D eigenvalue weighted by Crippen LogP contribution is 2.61. The van der Waals surface area contributed by atoms with Gasteiger partial charge in [-0.1, -0.05) is 48.5 Å². The summed E-state index contributed by atoms with van der Waals surface area (Å²) in [5.74, 6) is 2.20. The van der Waals surface area contributed by atoms with Crippen LogP contribution in [0, 0.1) is 27.7 Å². The number of phosphoric ester groups is 1. The monoisotopic (exact) mass is 616 g/mol. The van der Waals surface area contributed by atoms with Gasteiger partial charge in [0, 0.05) is 22.3 Å². The van der Waals surface area contributed by atoms with Crippen LogP contribution in [0.5, 0.6) is 23.0 Å². The lowest BCUT2D eigenvalue weighted by atomic mass is 9.86. The number of benzene rings is 6. The summed E-state index contributed by atoms with van der Waals surface area (Å²) in [5.41, 5.74) is 8.27. The number of hydrogen-bond acceptors (Lipinski definition) is 5. The molecule has 0 fully saturated rings. The molecule has 6 aromatic rings. The van der Waals surface area contributed by atoms with E-state index in [9.17, 15) is 9.46 Å². The molecule has 1 aliphatic heterocycles. The molecule has 1 N–H and O–H groups in total. The van der Waals surface area contributed by atoms with E-state index in [1.54, 1.807) is 14.2 Å². The zero-order chi connectivity index (χ0) is 31.6. The highest BCUT2D eigenvalue weighted by atomic mass is 31.2. The molecule has 6 aromatic carbocycles. The molecule has 6 nitrogen and oxygen atoms in total. The summed E-state index contributed by atoms with van der Waals surface area (Å²) in [6.45, 7) is 7.96. The highest BCUT2D eigenvalue weighted by molar-refractivity contribution is 7.48. The van der Waals surface area contributed by atoms with E-state index in [0.29, 0.717) is 33.8 Å². The molecule has 0 aromatic heterocycles. The van der Waals surface area contributed by atoms with Crippen LogP contribution in [0.1, 0.15) is 22.3 Å². The highest BCUT2D eigenvalue weighted by Gasteiger charge is 2.37. The van der Waals surface area contributed by atoms with Crippen molar-refractivity contribution in [2.24, 2.45) is 0 Å². The molecule has 7 rings (SSSR count). The quantitative estimate of drug-likeness (QED) is 0.199. The minimum Gasteiger partial charge on any atom is -0.496 e. The molecule has 0 bridgehead atoms. The largest absolute Gasteiger partial charge is 0.584 e. The average Bonchev–Trinajstić information content (AvgIpc) is 3.13. The second-order valence-corrected chi connectivity index (χ2v) is 12.9. The summed E-state index contributed by atoms with van der Waals surface area (Å²) in [4.78, 5) is 11.4. The lowest BCUT2D eigenvalue weighted by Gasteiger charge is -2.20. The third-order valence-electron chi connectivity index (χ3n) is 8.62. The Morgan fingerprint density at radius 3 is 1.29 bits per heavy atom. The molecule has 0 aliphatic carbocycles. The number of aryl methyl sites for hydroxylation is 4. The van der Waals surface area contributed by atoms with Crippen molar-refractivity contribution < 1.29 is 28.0 Å². The van der Waals surface area contributed by atoms with Crippen LogP contribution < -0.4 is 18.5 Å². The zero-order valence-electron chi connectivity index (χ0n) is 26.0. The van der Waals surface area contributed by atoms with Crippen LogP contribution in [-0.4, -0.2) is 19.1 Å². The maximum absolute atomic E-state index is 14.0. The molecule has 1 aliphatic rings. The van der Waals surface area contributed by atoms with Crippen molar-refractivity contribution in [2.45, 2.75) is 27.7 Å². The Bertz CT molecular complexity index is 2030. The van der Waals surface area contributed by atoms with Gasteiger partial charge in [0.1, 0.15) is 23.0 Å². The molecule has 0 saturated heterocycles. The van der Waals surface area contributed by atoms with Crippen molar-refractivity contribution >= 4 is 29.4 Å². The first kappa shape index (κ1) is 29.0. The number of ether oxygens (including phenoxy) is 2. The van der Waals surface area contributed by atoms with Crippen molar-refractivity contribution in [3.8, 4) is 56.4 Å². The smallest absolute Gasteiger partial charge is 0.496 e. The molecule has 0 radical (unpaired) electrons. The number of hydrogen-bond donors (Lipinski definition) is 1. The van der Waals surface area contributed by atoms with E-state index in [0.717, 1.165) is 66.4 Å². The van der Waals surface area contributed by atoms with Crippen LogP contribution in [0.25, 0.3) is 54.9 Å². The second kappa shape index (κ2) is 10.7. The molecule has 1 heterocycles. The minimum atomic E-state index is -4.67. The molecular weight excluding hydrogens is 583 g/mol. The Balaban J connectivity index is 1.67. The number of phosphoric acid groups is 1. The predicted molar refractivity (Wildman–Crippen MR) is 181 cm³/mol. The van der Waals surface area contributed by atoms with Gasteiger partial charge in [0.25, 0.3) is 0 Å². The van der Waals surface area contributed by atoms with Gasteiger partial charge in [-0.3, -0.25) is 4.89 Å². The van der Waals surface area contributed by atoms with Crippen molar-refractivity contribution in [3.63, 3.8) is 0 Å². The summed E-state index contributed by atoms with van der Waals surface area (Å²) < 4.78 is 37.5. The van der Waals surface area contributed by atoms with Crippen LogP contribution in [0.3, 0.4) is 0 Å². The van der Waals surface area contributed by atoms with Gasteiger partial charge in [-0.05, 0) is 119 Å². The van der Waals surface area contributed by atoms with Crippen molar-refractivity contribution in [1.82, 2.24) is 0 Å². The standard InChI is InChI=1S/C38H33O6P/c1-21-15-27(16-22(2)35(21)41-5)31-19-25-11-7-9-13-29(25)33-34-30-14-10-8-12-26(30)20-32(38(34)44-45(39,40)43-37(31)33)28-17-23(3)36(42-6)24(4)18-28/h7-20H,1-6H3,(H,39,40). The molecule has 0 spiro atoms. The van der Waals surface area contributed by atoms with Crippen molar-refractivity contribution in [2.75, 3.05) is 14.2 Å². The number of methoxy groups -OCH3 is 2. The Hall–Kier alpha value is -4.77. The van der Waals surface area contributed by atoms with Crippen molar-refractivity contribution in [3.05, 3.63) is 107 Å². The van der Waals surface area contributed by atoms with E-state index in [1.807, 2.05) is 100 Å². The van der Waals surface area contributed by atoms with Gasteiger partial charge in [-0.2, -0.15) is 0 Å². The van der Waals surface area contributed by atoms with Crippen molar-refractivity contribution in [1.29, 1.82) is 0 Å². The summed E-state index contributed by atoms with van der Waals surface area (Å²) in [5, 5.41) is 3.70. The SMILES string of the molecule is COc1c(C)cc(-c2cc3ccccc3c3c2OP(=O)(O)Oc2c(-c4cc(C)c(OC)c(C)c4)cc4ccccc4c2-3)cc1C. The van der Waals surface area contributed by atoms with Gasteiger partial charge in [0.15, 0.2) is 0 Å². The van der Waals surface area contributed by atoms with Gasteiger partial charge in [-0.25, -0.2) is 4.57 Å². The van der Waals surface area contributed by atoms with Crippen LogP contribution in [0.4, 0.5) is 0 Å². The van der Waals surface area contributed by atoms with Crippen LogP contribution in [0.15, 0.2) is 84.9 Å². The number of fused-ring (bicyclic) bond motifs is 7. The topological polar surface area (TPSA) is 74.2 Å². The van der Waals surface area contributed by atoms with E-state index in [4.69, 9.17) is 18.5 Å². The minimum absolute atomic E-state index is 0.298. The Kier molecular flexibility index (Phi) is 6.88. The third-order valence-corrected chi connectivity index (χ3v) is 9.44. The Labute approximate surface area is 262 Å². The molecule has 0 amide bonds. The normalized spacial score (nSPS) is 13.4. The molecule has 45 heavy (non-hydrogen) atoms. The van der Waals surface area contributed by atoms with E-state index < -0.39 is 7.82 Å². The molecule has 0 saturated carbocycles. The van der Waals surface area contributed by atoms with E-state index in [2.05, 4.69) is 12.1 Å². The van der Waals surface area contributed by atoms with Gasteiger partial charge in [0.2, 0.25) is 0 Å². The Morgan fingerprint density at radius 1 is 0.578 bits per heavy atom. The summed E-state index contributed by atoms with van der Waals surface area (Å²) in [7, 11) is -1.36. The summed E-state index contributed by atoms with van der Waals surface area (Å²) >= 11 is 0. The second-order valence-electron chi connectivity index (χ2n) is 11.6. The fourth-order valence-electron chi connectivity index (χ4n) is 6.88. The lowest BCUT2D eigenvalue weighted by Crippen LogP contribution is -2.00. The first-order chi connectivity index (χ1) is 21.6. The average molecular weight is 617 g/mol. The van der Waals surface area contributed by atoms with Crippen LogP contribution in [-0.2, 0) is 4.57 Å². The predicted octanol–water partition coefficient (Wildman–Crippen LogP) is 10.1. The molecule has 0 unspecified atom stereocenters. The van der Waals surface area contributed by atoms with Gasteiger partial charge >= 0.3 is 7.82 Å². The van der Waals surface area contributed by atoms with Gasteiger partial charge < -0.3 is 18.5 Å². The van der Waals surface area contributed by atoms with Crippen LogP contribution >= 0.6 is 7.82 Å². The van der Waals surface area contributed by atoms with Crippen LogP contribution in [0.2, 0.25) is 0 Å². The first-order valence-corrected chi connectivity index (χ1v) is 16.2. The molecular formula is C38H33O6P. The van der Waals surface area contributed by atoms with E-state index in [-0.39, 0.29) is 0 Å². The van der Waals surface area contributed by atoms with E-state index in [1.165, 1.54) is 0 Å². The first-order valence-electron chi connectivity index (χ1n) is 14.7. The molecule has 0 atom stereocenters. The maximum atomic E-state index is 14.0. The maximum Gasteiger partial charge on any atom is 0.584 e. The zero-order valence-corrected chi connectivity index (χ0v) is 26.9. The van der Waals surface area contributed by atoms with Gasteiger partial charge in [0.05, 0.1) is 14.2 Å². The lowest BCUT2D eigenvalue weighted by molar-refractivity contribution is 0.295. The fourth-order valence-corrected chi connectivity index (χ4v) is 7.75. The van der Waals surface area contributed by atoms with Gasteiger partial charge in [-0.15, -0.1) is 0 Å². The molecule has 226 valence electrons.